The highest BCUT2D eigenvalue weighted by atomic mass is 15.1. The van der Waals surface area contributed by atoms with Gasteiger partial charge in [0.15, 0.2) is 0 Å². The van der Waals surface area contributed by atoms with Crippen LogP contribution in [0.15, 0.2) is 0 Å². The molecular formula is C16H31N5. The van der Waals surface area contributed by atoms with Gasteiger partial charge in [-0.1, -0.05) is 20.8 Å². The first-order valence-corrected chi connectivity index (χ1v) is 8.17. The lowest BCUT2D eigenvalue weighted by atomic mass is 10.2. The molecule has 21 heavy (non-hydrogen) atoms. The molecule has 0 fully saturated rings. The highest BCUT2D eigenvalue weighted by Gasteiger charge is 2.08. The molecule has 0 saturated carbocycles. The van der Waals surface area contributed by atoms with E-state index in [1.165, 1.54) is 0 Å². The number of hydrogen-bond donors (Lipinski definition) is 2. The standard InChI is InChI=1S/C16H31N5/c1-6-10-17-15-13(4)16(20-14(5)19-15)18-11-9-12-21(7-2)8-3/h6-12H2,1-5H3,(H2,17,18,19,20). The van der Waals surface area contributed by atoms with E-state index in [9.17, 15) is 0 Å². The molecule has 0 amide bonds. The normalized spacial score (nSPS) is 11.0. The van der Waals surface area contributed by atoms with Crippen LogP contribution in [0.5, 0.6) is 0 Å². The minimum atomic E-state index is 0.811. The average molecular weight is 293 g/mol. The number of nitrogens with zero attached hydrogens (tertiary/aromatic N) is 3. The van der Waals surface area contributed by atoms with Gasteiger partial charge in [0, 0.05) is 18.7 Å². The zero-order chi connectivity index (χ0) is 15.7. The van der Waals surface area contributed by atoms with E-state index in [-0.39, 0.29) is 0 Å². The Morgan fingerprint density at radius 2 is 1.48 bits per heavy atom. The highest BCUT2D eigenvalue weighted by molar-refractivity contribution is 5.57. The van der Waals surface area contributed by atoms with Crippen LogP contribution < -0.4 is 10.6 Å². The summed E-state index contributed by atoms with van der Waals surface area (Å²) >= 11 is 0. The average Bonchev–Trinajstić information content (AvgIpc) is 2.48. The molecule has 1 heterocycles. The summed E-state index contributed by atoms with van der Waals surface area (Å²) in [5.74, 6) is 2.72. The topological polar surface area (TPSA) is 53.1 Å². The zero-order valence-corrected chi connectivity index (χ0v) is 14.3. The molecule has 1 rings (SSSR count). The summed E-state index contributed by atoms with van der Waals surface area (Å²) in [6.07, 6.45) is 2.22. The molecule has 0 radical (unpaired) electrons. The monoisotopic (exact) mass is 293 g/mol. The molecule has 0 aliphatic heterocycles. The van der Waals surface area contributed by atoms with Crippen LogP contribution in [0.2, 0.25) is 0 Å². The van der Waals surface area contributed by atoms with Crippen molar-refractivity contribution in [2.75, 3.05) is 43.4 Å². The third kappa shape index (κ3) is 5.87. The predicted octanol–water partition coefficient (Wildman–Crippen LogP) is 3.06. The van der Waals surface area contributed by atoms with Gasteiger partial charge in [0.25, 0.3) is 0 Å². The molecule has 0 atom stereocenters. The molecular weight excluding hydrogens is 262 g/mol. The molecule has 0 saturated heterocycles. The summed E-state index contributed by atoms with van der Waals surface area (Å²) in [6, 6.07) is 0. The fourth-order valence-electron chi connectivity index (χ4n) is 2.27. The maximum absolute atomic E-state index is 4.52. The first-order valence-electron chi connectivity index (χ1n) is 8.17. The molecule has 5 nitrogen and oxygen atoms in total. The summed E-state index contributed by atoms with van der Waals surface area (Å²) in [7, 11) is 0. The van der Waals surface area contributed by atoms with Crippen molar-refractivity contribution < 1.29 is 0 Å². The van der Waals surface area contributed by atoms with Gasteiger partial charge in [-0.25, -0.2) is 9.97 Å². The fraction of sp³-hybridized carbons (Fsp3) is 0.750. The third-order valence-corrected chi connectivity index (χ3v) is 3.64. The van der Waals surface area contributed by atoms with Crippen LogP contribution in [0.3, 0.4) is 0 Å². The molecule has 0 bridgehead atoms. The molecule has 5 heteroatoms. The van der Waals surface area contributed by atoms with Crippen molar-refractivity contribution in [2.24, 2.45) is 0 Å². The van der Waals surface area contributed by atoms with Crippen LogP contribution in [0.4, 0.5) is 11.6 Å². The van der Waals surface area contributed by atoms with E-state index >= 15 is 0 Å². The van der Waals surface area contributed by atoms with E-state index in [2.05, 4.69) is 53.2 Å². The minimum Gasteiger partial charge on any atom is -0.370 e. The smallest absolute Gasteiger partial charge is 0.134 e. The maximum atomic E-state index is 4.52. The number of aryl methyl sites for hydroxylation is 1. The van der Waals surface area contributed by atoms with Gasteiger partial charge < -0.3 is 15.5 Å². The Hall–Kier alpha value is -1.36. The van der Waals surface area contributed by atoms with Gasteiger partial charge in [-0.05, 0) is 46.3 Å². The summed E-state index contributed by atoms with van der Waals surface area (Å²) in [5.41, 5.74) is 1.11. The first-order chi connectivity index (χ1) is 10.1. The number of anilines is 2. The second-order valence-corrected chi connectivity index (χ2v) is 5.33. The molecule has 0 aliphatic carbocycles. The van der Waals surface area contributed by atoms with Gasteiger partial charge >= 0.3 is 0 Å². The molecule has 0 unspecified atom stereocenters. The highest BCUT2D eigenvalue weighted by Crippen LogP contribution is 2.19. The van der Waals surface area contributed by atoms with E-state index in [1.807, 2.05) is 6.92 Å². The fourth-order valence-corrected chi connectivity index (χ4v) is 2.27. The second kappa shape index (κ2) is 9.55. The second-order valence-electron chi connectivity index (χ2n) is 5.33. The Morgan fingerprint density at radius 1 is 0.905 bits per heavy atom. The van der Waals surface area contributed by atoms with Gasteiger partial charge in [-0.3, -0.25) is 0 Å². The van der Waals surface area contributed by atoms with Crippen LogP contribution in [0.25, 0.3) is 0 Å². The van der Waals surface area contributed by atoms with Crippen molar-refractivity contribution in [1.29, 1.82) is 0 Å². The van der Waals surface area contributed by atoms with Crippen LogP contribution >= 0.6 is 0 Å². The van der Waals surface area contributed by atoms with Gasteiger partial charge in [0.2, 0.25) is 0 Å². The SMILES string of the molecule is CCCNc1nc(C)nc(NCCCN(CC)CC)c1C. The van der Waals surface area contributed by atoms with Crippen LogP contribution in [-0.4, -0.2) is 47.6 Å². The lowest BCUT2D eigenvalue weighted by Crippen LogP contribution is -2.25. The number of nitrogens with one attached hydrogen (secondary N) is 2. The van der Waals surface area contributed by atoms with E-state index in [0.29, 0.717) is 0 Å². The van der Waals surface area contributed by atoms with Crippen molar-refractivity contribution in [1.82, 2.24) is 14.9 Å². The van der Waals surface area contributed by atoms with Crippen molar-refractivity contribution in [3.8, 4) is 0 Å². The molecule has 1 aromatic rings. The van der Waals surface area contributed by atoms with E-state index in [1.54, 1.807) is 0 Å². The van der Waals surface area contributed by atoms with Crippen LogP contribution in [0, 0.1) is 13.8 Å². The Morgan fingerprint density at radius 3 is 2.00 bits per heavy atom. The summed E-state index contributed by atoms with van der Waals surface area (Å²) in [6.45, 7) is 15.8. The lowest BCUT2D eigenvalue weighted by Gasteiger charge is -2.18. The maximum Gasteiger partial charge on any atom is 0.134 e. The number of hydrogen-bond acceptors (Lipinski definition) is 5. The Bertz CT molecular complexity index is 415. The van der Waals surface area contributed by atoms with Crippen molar-refractivity contribution in [3.05, 3.63) is 11.4 Å². The molecule has 120 valence electrons. The van der Waals surface area contributed by atoms with Crippen LogP contribution in [-0.2, 0) is 0 Å². The predicted molar refractivity (Wildman–Crippen MR) is 91.2 cm³/mol. The Balaban J connectivity index is 2.56. The lowest BCUT2D eigenvalue weighted by molar-refractivity contribution is 0.303. The van der Waals surface area contributed by atoms with Crippen molar-refractivity contribution in [3.63, 3.8) is 0 Å². The summed E-state index contributed by atoms with van der Waals surface area (Å²) in [4.78, 5) is 11.4. The molecule has 0 aliphatic rings. The van der Waals surface area contributed by atoms with E-state index < -0.39 is 0 Å². The quantitative estimate of drug-likeness (QED) is 0.649. The first kappa shape index (κ1) is 17.7. The summed E-state index contributed by atoms with van der Waals surface area (Å²) < 4.78 is 0. The number of rotatable bonds is 10. The molecule has 0 aromatic carbocycles. The minimum absolute atomic E-state index is 0.811. The van der Waals surface area contributed by atoms with Gasteiger partial charge in [-0.2, -0.15) is 0 Å². The number of aromatic nitrogens is 2. The van der Waals surface area contributed by atoms with E-state index in [0.717, 1.165) is 68.6 Å². The Labute approximate surface area is 129 Å². The molecule has 1 aromatic heterocycles. The van der Waals surface area contributed by atoms with Crippen molar-refractivity contribution >= 4 is 11.6 Å². The van der Waals surface area contributed by atoms with Crippen molar-refractivity contribution in [2.45, 2.75) is 47.5 Å². The Kier molecular flexibility index (Phi) is 8.05. The third-order valence-electron chi connectivity index (χ3n) is 3.64. The van der Waals surface area contributed by atoms with Gasteiger partial charge in [0.1, 0.15) is 17.5 Å². The summed E-state index contributed by atoms with van der Waals surface area (Å²) in [5, 5.41) is 6.83. The molecule has 2 N–H and O–H groups in total. The van der Waals surface area contributed by atoms with Crippen LogP contribution in [0.1, 0.15) is 45.0 Å². The molecule has 0 spiro atoms. The zero-order valence-electron chi connectivity index (χ0n) is 14.3. The van der Waals surface area contributed by atoms with Gasteiger partial charge in [-0.15, -0.1) is 0 Å². The van der Waals surface area contributed by atoms with Gasteiger partial charge in [0.05, 0.1) is 0 Å². The largest absolute Gasteiger partial charge is 0.370 e. The van der Waals surface area contributed by atoms with E-state index in [4.69, 9.17) is 0 Å².